The van der Waals surface area contributed by atoms with Gasteiger partial charge in [-0.15, -0.1) is 11.3 Å². The summed E-state index contributed by atoms with van der Waals surface area (Å²) in [7, 11) is 1.72. The number of hydrogen-bond acceptors (Lipinski definition) is 5. The summed E-state index contributed by atoms with van der Waals surface area (Å²) in [5, 5.41) is 12.5. The SMILES string of the molecule is COCCn1cncc1CN1CCC(C(O)c2cccs2)CC1. The van der Waals surface area contributed by atoms with E-state index in [9.17, 15) is 5.11 Å². The van der Waals surface area contributed by atoms with Crippen LogP contribution in [0.5, 0.6) is 0 Å². The van der Waals surface area contributed by atoms with Crippen molar-refractivity contribution >= 4 is 11.3 Å². The van der Waals surface area contributed by atoms with E-state index in [1.165, 1.54) is 5.69 Å². The number of hydrogen-bond donors (Lipinski definition) is 1. The van der Waals surface area contributed by atoms with Gasteiger partial charge in [-0.3, -0.25) is 4.90 Å². The van der Waals surface area contributed by atoms with Gasteiger partial charge in [-0.1, -0.05) is 6.07 Å². The maximum atomic E-state index is 10.5. The molecule has 1 fully saturated rings. The minimum atomic E-state index is -0.301. The fraction of sp³-hybridized carbons (Fsp3) is 0.588. The van der Waals surface area contributed by atoms with Gasteiger partial charge >= 0.3 is 0 Å². The highest BCUT2D eigenvalue weighted by Crippen LogP contribution is 2.33. The summed E-state index contributed by atoms with van der Waals surface area (Å²) in [5.74, 6) is 0.378. The minimum Gasteiger partial charge on any atom is -0.387 e. The summed E-state index contributed by atoms with van der Waals surface area (Å²) in [6.07, 6.45) is 5.62. The Morgan fingerprint density at radius 3 is 2.96 bits per heavy atom. The first kappa shape index (κ1) is 16.6. The molecule has 0 amide bonds. The van der Waals surface area contributed by atoms with Crippen LogP contribution in [0.1, 0.15) is 29.5 Å². The van der Waals surface area contributed by atoms with Crippen LogP contribution in [0.4, 0.5) is 0 Å². The van der Waals surface area contributed by atoms with E-state index in [0.717, 1.165) is 43.9 Å². The van der Waals surface area contributed by atoms with Crippen molar-refractivity contribution in [2.45, 2.75) is 32.0 Å². The Morgan fingerprint density at radius 1 is 1.43 bits per heavy atom. The first-order chi connectivity index (χ1) is 11.3. The van der Waals surface area contributed by atoms with Crippen LogP contribution in [0.15, 0.2) is 30.0 Å². The van der Waals surface area contributed by atoms with Crippen molar-refractivity contribution in [1.82, 2.24) is 14.5 Å². The van der Waals surface area contributed by atoms with Gasteiger partial charge in [0, 0.05) is 31.3 Å². The van der Waals surface area contributed by atoms with E-state index in [4.69, 9.17) is 4.74 Å². The number of aromatic nitrogens is 2. The Balaban J connectivity index is 1.50. The van der Waals surface area contributed by atoms with E-state index in [-0.39, 0.29) is 6.10 Å². The first-order valence-electron chi connectivity index (χ1n) is 8.19. The van der Waals surface area contributed by atoms with E-state index in [1.54, 1.807) is 18.4 Å². The average molecular weight is 335 g/mol. The van der Waals surface area contributed by atoms with Gasteiger partial charge in [0.15, 0.2) is 0 Å². The molecule has 1 atom stereocenters. The Bertz CT molecular complexity index is 576. The molecule has 2 aromatic rings. The zero-order valence-electron chi connectivity index (χ0n) is 13.6. The Kier molecular flexibility index (Phi) is 5.83. The number of thiophene rings is 1. The zero-order valence-corrected chi connectivity index (χ0v) is 14.4. The number of nitrogens with zero attached hydrogens (tertiary/aromatic N) is 3. The fourth-order valence-electron chi connectivity index (χ4n) is 3.22. The summed E-state index contributed by atoms with van der Waals surface area (Å²) < 4.78 is 7.31. The minimum absolute atomic E-state index is 0.301. The molecule has 1 aliphatic heterocycles. The zero-order chi connectivity index (χ0) is 16.1. The second kappa shape index (κ2) is 8.06. The molecule has 3 rings (SSSR count). The summed E-state index contributed by atoms with van der Waals surface area (Å²) in [4.78, 5) is 7.81. The van der Waals surface area contributed by atoms with Crippen LogP contribution >= 0.6 is 11.3 Å². The van der Waals surface area contributed by atoms with Crippen LogP contribution in [0, 0.1) is 5.92 Å². The van der Waals surface area contributed by atoms with E-state index >= 15 is 0 Å². The topological polar surface area (TPSA) is 50.5 Å². The molecule has 1 saturated heterocycles. The summed E-state index contributed by atoms with van der Waals surface area (Å²) in [6, 6.07) is 4.05. The highest BCUT2D eigenvalue weighted by atomic mass is 32.1. The number of likely N-dealkylation sites (tertiary alicyclic amines) is 1. The third kappa shape index (κ3) is 4.20. The Labute approximate surface area is 141 Å². The number of aliphatic hydroxyl groups is 1. The van der Waals surface area contributed by atoms with Gasteiger partial charge in [-0.05, 0) is 43.3 Å². The molecular formula is C17H25N3O2S. The molecule has 126 valence electrons. The summed E-state index contributed by atoms with van der Waals surface area (Å²) in [6.45, 7) is 4.54. The van der Waals surface area contributed by atoms with Crippen LogP contribution in [0.2, 0.25) is 0 Å². The molecule has 5 nitrogen and oxygen atoms in total. The molecule has 0 aromatic carbocycles. The lowest BCUT2D eigenvalue weighted by molar-refractivity contribution is 0.0583. The normalized spacial score (nSPS) is 18.3. The lowest BCUT2D eigenvalue weighted by Crippen LogP contribution is -2.35. The number of aliphatic hydroxyl groups excluding tert-OH is 1. The third-order valence-electron chi connectivity index (χ3n) is 4.63. The fourth-order valence-corrected chi connectivity index (χ4v) is 4.02. The molecule has 6 heteroatoms. The van der Waals surface area contributed by atoms with Crippen molar-refractivity contribution in [3.63, 3.8) is 0 Å². The van der Waals surface area contributed by atoms with Crippen molar-refractivity contribution < 1.29 is 9.84 Å². The van der Waals surface area contributed by atoms with Crippen molar-refractivity contribution in [2.24, 2.45) is 5.92 Å². The molecule has 23 heavy (non-hydrogen) atoms. The molecule has 1 N–H and O–H groups in total. The van der Waals surface area contributed by atoms with Gasteiger partial charge in [-0.25, -0.2) is 4.98 Å². The Morgan fingerprint density at radius 2 is 2.26 bits per heavy atom. The van der Waals surface area contributed by atoms with Gasteiger partial charge in [0.1, 0.15) is 0 Å². The molecule has 0 radical (unpaired) electrons. The smallest absolute Gasteiger partial charge is 0.0949 e. The largest absolute Gasteiger partial charge is 0.387 e. The van der Waals surface area contributed by atoms with E-state index in [0.29, 0.717) is 12.5 Å². The maximum absolute atomic E-state index is 10.5. The highest BCUT2D eigenvalue weighted by molar-refractivity contribution is 7.10. The van der Waals surface area contributed by atoms with Gasteiger partial charge in [0.25, 0.3) is 0 Å². The quantitative estimate of drug-likeness (QED) is 0.845. The van der Waals surface area contributed by atoms with Crippen LogP contribution in [0.3, 0.4) is 0 Å². The molecule has 0 aliphatic carbocycles. The molecule has 0 spiro atoms. The predicted molar refractivity (Wildman–Crippen MR) is 91.4 cm³/mol. The lowest BCUT2D eigenvalue weighted by Gasteiger charge is -2.34. The molecule has 2 aromatic heterocycles. The van der Waals surface area contributed by atoms with Crippen molar-refractivity contribution in [3.8, 4) is 0 Å². The molecule has 3 heterocycles. The lowest BCUT2D eigenvalue weighted by atomic mass is 9.90. The number of ether oxygens (including phenoxy) is 1. The van der Waals surface area contributed by atoms with Gasteiger partial charge in [0.2, 0.25) is 0 Å². The standard InChI is InChI=1S/C17H25N3O2S/c1-22-9-8-20-13-18-11-15(20)12-19-6-4-14(5-7-19)17(21)16-3-2-10-23-16/h2-3,10-11,13-14,17,21H,4-9,12H2,1H3. The van der Waals surface area contributed by atoms with Crippen LogP contribution in [-0.2, 0) is 17.8 Å². The molecule has 0 bridgehead atoms. The van der Waals surface area contributed by atoms with Gasteiger partial charge < -0.3 is 14.4 Å². The molecule has 1 unspecified atom stereocenters. The van der Waals surface area contributed by atoms with E-state index in [1.807, 2.05) is 30.0 Å². The van der Waals surface area contributed by atoms with Crippen molar-refractivity contribution in [1.29, 1.82) is 0 Å². The number of rotatable bonds is 7. The monoisotopic (exact) mass is 335 g/mol. The van der Waals surface area contributed by atoms with Crippen molar-refractivity contribution in [2.75, 3.05) is 26.8 Å². The second-order valence-corrected chi connectivity index (χ2v) is 7.12. The van der Waals surface area contributed by atoms with Gasteiger partial charge in [0.05, 0.1) is 24.7 Å². The Hall–Kier alpha value is -1.21. The van der Waals surface area contributed by atoms with Crippen LogP contribution in [0.25, 0.3) is 0 Å². The predicted octanol–water partition coefficient (Wildman–Crippen LogP) is 2.54. The molecular weight excluding hydrogens is 310 g/mol. The number of piperidine rings is 1. The second-order valence-electron chi connectivity index (χ2n) is 6.15. The van der Waals surface area contributed by atoms with E-state index in [2.05, 4.69) is 14.5 Å². The number of methoxy groups -OCH3 is 1. The summed E-state index contributed by atoms with van der Waals surface area (Å²) in [5.41, 5.74) is 1.24. The van der Waals surface area contributed by atoms with Crippen LogP contribution < -0.4 is 0 Å². The number of imidazole rings is 1. The molecule has 0 saturated carbocycles. The molecule has 1 aliphatic rings. The highest BCUT2D eigenvalue weighted by Gasteiger charge is 2.27. The van der Waals surface area contributed by atoms with Crippen LogP contribution in [-0.4, -0.2) is 46.4 Å². The van der Waals surface area contributed by atoms with Gasteiger partial charge in [-0.2, -0.15) is 0 Å². The third-order valence-corrected chi connectivity index (χ3v) is 5.58. The maximum Gasteiger partial charge on any atom is 0.0949 e. The first-order valence-corrected chi connectivity index (χ1v) is 9.07. The van der Waals surface area contributed by atoms with Crippen molar-refractivity contribution in [3.05, 3.63) is 40.6 Å². The summed E-state index contributed by atoms with van der Waals surface area (Å²) >= 11 is 1.65. The van der Waals surface area contributed by atoms with E-state index < -0.39 is 0 Å². The average Bonchev–Trinajstić information content (AvgIpc) is 3.25.